The molecule has 0 fully saturated rings. The maximum atomic E-state index is 12.3. The fraction of sp³-hybridized carbons (Fsp3) is 0.105. The third-order valence-electron chi connectivity index (χ3n) is 3.81. The molecular formula is C19H15N3O5. The van der Waals surface area contributed by atoms with Crippen LogP contribution >= 0.6 is 0 Å². The molecule has 0 aliphatic heterocycles. The van der Waals surface area contributed by atoms with Crippen molar-refractivity contribution in [3.8, 4) is 28.7 Å². The van der Waals surface area contributed by atoms with Crippen molar-refractivity contribution in [3.05, 3.63) is 66.4 Å². The zero-order valence-corrected chi connectivity index (χ0v) is 14.3. The highest BCUT2D eigenvalue weighted by Gasteiger charge is 2.15. The Labute approximate surface area is 153 Å². The molecule has 8 heteroatoms. The molecule has 0 aliphatic rings. The van der Waals surface area contributed by atoms with Gasteiger partial charge in [0.2, 0.25) is 0 Å². The Hall–Kier alpha value is -3.81. The minimum atomic E-state index is -0.376. The van der Waals surface area contributed by atoms with Gasteiger partial charge in [-0.1, -0.05) is 5.16 Å². The first-order valence-corrected chi connectivity index (χ1v) is 8.12. The van der Waals surface area contributed by atoms with E-state index < -0.39 is 0 Å². The average molecular weight is 365 g/mol. The fourth-order valence-electron chi connectivity index (χ4n) is 2.44. The molecule has 4 rings (SSSR count). The number of furan rings is 2. The van der Waals surface area contributed by atoms with Gasteiger partial charge in [0.1, 0.15) is 11.5 Å². The topological polar surface area (TPSA) is 104 Å². The molecule has 8 nitrogen and oxygen atoms in total. The molecule has 1 aromatic carbocycles. The molecule has 0 radical (unpaired) electrons. The largest absolute Gasteiger partial charge is 0.497 e. The van der Waals surface area contributed by atoms with Crippen molar-refractivity contribution in [2.45, 2.75) is 6.54 Å². The summed E-state index contributed by atoms with van der Waals surface area (Å²) in [5.74, 6) is 2.20. The second-order valence-electron chi connectivity index (χ2n) is 5.57. The Morgan fingerprint density at radius 3 is 2.70 bits per heavy atom. The summed E-state index contributed by atoms with van der Waals surface area (Å²) < 4.78 is 21.0. The fourth-order valence-corrected chi connectivity index (χ4v) is 2.44. The van der Waals surface area contributed by atoms with E-state index in [0.29, 0.717) is 17.3 Å². The van der Waals surface area contributed by atoms with Gasteiger partial charge in [0, 0.05) is 5.56 Å². The lowest BCUT2D eigenvalue weighted by Crippen LogP contribution is -2.22. The van der Waals surface area contributed by atoms with Gasteiger partial charge in [0.05, 0.1) is 19.9 Å². The van der Waals surface area contributed by atoms with Crippen molar-refractivity contribution in [2.24, 2.45) is 0 Å². The second-order valence-corrected chi connectivity index (χ2v) is 5.57. The van der Waals surface area contributed by atoms with Crippen LogP contribution in [-0.2, 0) is 6.54 Å². The summed E-state index contributed by atoms with van der Waals surface area (Å²) in [7, 11) is 1.60. The van der Waals surface area contributed by atoms with E-state index >= 15 is 0 Å². The molecular weight excluding hydrogens is 350 g/mol. The monoisotopic (exact) mass is 365 g/mol. The molecule has 0 bridgehead atoms. The number of aromatic nitrogens is 2. The van der Waals surface area contributed by atoms with E-state index in [1.807, 2.05) is 24.3 Å². The molecule has 1 N–H and O–H groups in total. The van der Waals surface area contributed by atoms with Gasteiger partial charge in [0.15, 0.2) is 17.3 Å². The van der Waals surface area contributed by atoms with Gasteiger partial charge in [-0.25, -0.2) is 0 Å². The number of benzene rings is 1. The molecule has 0 aliphatic carbocycles. The van der Waals surface area contributed by atoms with E-state index in [1.54, 1.807) is 31.4 Å². The lowest BCUT2D eigenvalue weighted by Gasteiger charge is -2.01. The molecule has 0 saturated carbocycles. The first-order valence-electron chi connectivity index (χ1n) is 8.12. The number of hydrogen-bond donors (Lipinski definition) is 1. The predicted octanol–water partition coefficient (Wildman–Crippen LogP) is 3.53. The second kappa shape index (κ2) is 7.20. The number of methoxy groups -OCH3 is 1. The summed E-state index contributed by atoms with van der Waals surface area (Å²) in [6, 6.07) is 14.1. The molecule has 1 amide bonds. The zero-order chi connectivity index (χ0) is 18.6. The van der Waals surface area contributed by atoms with Gasteiger partial charge in [-0.15, -0.1) is 0 Å². The van der Waals surface area contributed by atoms with Crippen LogP contribution in [0.5, 0.6) is 5.75 Å². The van der Waals surface area contributed by atoms with E-state index in [0.717, 1.165) is 11.3 Å². The molecule has 3 aromatic heterocycles. The van der Waals surface area contributed by atoms with Crippen LogP contribution in [0.3, 0.4) is 0 Å². The number of rotatable bonds is 6. The van der Waals surface area contributed by atoms with Crippen LogP contribution in [0.1, 0.15) is 16.4 Å². The molecule has 0 atom stereocenters. The summed E-state index contributed by atoms with van der Waals surface area (Å²) in [5, 5.41) is 6.49. The van der Waals surface area contributed by atoms with E-state index in [-0.39, 0.29) is 24.1 Å². The van der Waals surface area contributed by atoms with Gasteiger partial charge in [-0.05, 0) is 48.5 Å². The number of ether oxygens (including phenoxy) is 1. The molecule has 0 spiro atoms. The van der Waals surface area contributed by atoms with Crippen LogP contribution in [0, 0.1) is 0 Å². The van der Waals surface area contributed by atoms with Crippen molar-refractivity contribution in [3.63, 3.8) is 0 Å². The third-order valence-corrected chi connectivity index (χ3v) is 3.81. The van der Waals surface area contributed by atoms with Crippen LogP contribution in [0.25, 0.3) is 23.0 Å². The summed E-state index contributed by atoms with van der Waals surface area (Å²) in [6.07, 6.45) is 1.51. The molecule has 27 heavy (non-hydrogen) atoms. The molecule has 3 heterocycles. The van der Waals surface area contributed by atoms with Crippen molar-refractivity contribution in [1.29, 1.82) is 0 Å². The highest BCUT2D eigenvalue weighted by atomic mass is 16.5. The van der Waals surface area contributed by atoms with Gasteiger partial charge >= 0.3 is 0 Å². The van der Waals surface area contributed by atoms with Crippen LogP contribution in [0.4, 0.5) is 0 Å². The summed E-state index contributed by atoms with van der Waals surface area (Å²) in [5.41, 5.74) is 0.844. The maximum absolute atomic E-state index is 12.3. The molecule has 0 saturated heterocycles. The summed E-state index contributed by atoms with van der Waals surface area (Å²) >= 11 is 0. The van der Waals surface area contributed by atoms with Crippen molar-refractivity contribution >= 4 is 5.91 Å². The standard InChI is InChI=1S/C19H15N3O5/c1-24-13-6-4-12(5-7-13)14-8-9-15(26-14)18(23)20-11-17-21-19(27-22-17)16-3-2-10-25-16/h2-10H,11H2,1H3,(H,20,23). The number of carbonyl (C=O) groups excluding carboxylic acids is 1. The smallest absolute Gasteiger partial charge is 0.293 e. The first-order chi connectivity index (χ1) is 13.2. The SMILES string of the molecule is COc1ccc(-c2ccc(C(=O)NCc3noc(-c4ccco4)n3)o2)cc1. The number of nitrogens with zero attached hydrogens (tertiary/aromatic N) is 2. The Bertz CT molecular complexity index is 1030. The zero-order valence-electron chi connectivity index (χ0n) is 14.3. The summed E-state index contributed by atoms with van der Waals surface area (Å²) in [6.45, 7) is 0.0988. The molecule has 4 aromatic rings. The predicted molar refractivity (Wildman–Crippen MR) is 93.9 cm³/mol. The van der Waals surface area contributed by atoms with Gasteiger partial charge in [-0.3, -0.25) is 4.79 Å². The number of amides is 1. The minimum absolute atomic E-state index is 0.0988. The van der Waals surface area contributed by atoms with Crippen molar-refractivity contribution in [2.75, 3.05) is 7.11 Å². The van der Waals surface area contributed by atoms with Crippen molar-refractivity contribution in [1.82, 2.24) is 15.5 Å². The van der Waals surface area contributed by atoms with E-state index in [9.17, 15) is 4.79 Å². The van der Waals surface area contributed by atoms with E-state index in [1.165, 1.54) is 6.26 Å². The quantitative estimate of drug-likeness (QED) is 0.557. The number of nitrogens with one attached hydrogen (secondary N) is 1. The van der Waals surface area contributed by atoms with Gasteiger partial charge in [0.25, 0.3) is 11.8 Å². The minimum Gasteiger partial charge on any atom is -0.497 e. The highest BCUT2D eigenvalue weighted by molar-refractivity contribution is 5.92. The van der Waals surface area contributed by atoms with Crippen molar-refractivity contribution < 1.29 is 22.9 Å². The maximum Gasteiger partial charge on any atom is 0.293 e. The lowest BCUT2D eigenvalue weighted by molar-refractivity contribution is 0.0922. The Morgan fingerprint density at radius 1 is 1.11 bits per heavy atom. The van der Waals surface area contributed by atoms with Gasteiger partial charge in [-0.2, -0.15) is 4.98 Å². The molecule has 0 unspecified atom stereocenters. The molecule has 136 valence electrons. The van der Waals surface area contributed by atoms with Crippen LogP contribution < -0.4 is 10.1 Å². The van der Waals surface area contributed by atoms with Gasteiger partial charge < -0.3 is 23.4 Å². The van der Waals surface area contributed by atoms with E-state index in [4.69, 9.17) is 18.1 Å². The third kappa shape index (κ3) is 3.59. The lowest BCUT2D eigenvalue weighted by atomic mass is 10.2. The Balaban J connectivity index is 1.39. The number of carbonyl (C=O) groups is 1. The average Bonchev–Trinajstić information content (AvgIpc) is 3.47. The Kier molecular flexibility index (Phi) is 4.44. The summed E-state index contributed by atoms with van der Waals surface area (Å²) in [4.78, 5) is 16.4. The normalized spacial score (nSPS) is 10.7. The first kappa shape index (κ1) is 16.6. The van der Waals surface area contributed by atoms with Crippen LogP contribution in [-0.4, -0.2) is 23.2 Å². The van der Waals surface area contributed by atoms with E-state index in [2.05, 4.69) is 15.5 Å². The highest BCUT2D eigenvalue weighted by Crippen LogP contribution is 2.24. The van der Waals surface area contributed by atoms with Crippen LogP contribution in [0.15, 0.2) is 68.2 Å². The number of hydrogen-bond acceptors (Lipinski definition) is 7. The Morgan fingerprint density at radius 2 is 1.96 bits per heavy atom. The van der Waals surface area contributed by atoms with Crippen LogP contribution in [0.2, 0.25) is 0 Å².